The number of hydrogen-bond donors (Lipinski definition) is 2. The highest BCUT2D eigenvalue weighted by Crippen LogP contribution is 2.20. The number of carbonyl (C=O) groups is 2. The van der Waals surface area contributed by atoms with E-state index < -0.39 is 9.84 Å². The lowest BCUT2D eigenvalue weighted by Crippen LogP contribution is -2.32. The highest BCUT2D eigenvalue weighted by molar-refractivity contribution is 7.90. The molecule has 0 saturated heterocycles. The highest BCUT2D eigenvalue weighted by atomic mass is 32.2. The largest absolute Gasteiger partial charge is 0.468 e. The fourth-order valence-corrected chi connectivity index (χ4v) is 4.13. The molecule has 0 radical (unpaired) electrons. The van der Waals surface area contributed by atoms with Gasteiger partial charge in [-0.2, -0.15) is 0 Å². The lowest BCUT2D eigenvalue weighted by Gasteiger charge is -2.21. The quantitative estimate of drug-likeness (QED) is 0.460. The molecule has 0 unspecified atom stereocenters. The minimum Gasteiger partial charge on any atom is -0.468 e. The van der Waals surface area contributed by atoms with E-state index in [0.29, 0.717) is 30.4 Å². The molecule has 0 aliphatic heterocycles. The van der Waals surface area contributed by atoms with Crippen molar-refractivity contribution in [3.05, 3.63) is 83.8 Å². The van der Waals surface area contributed by atoms with Crippen molar-refractivity contribution < 1.29 is 22.4 Å². The zero-order valence-electron chi connectivity index (χ0n) is 18.9. The lowest BCUT2D eigenvalue weighted by molar-refractivity contribution is -0.117. The van der Waals surface area contributed by atoms with Crippen LogP contribution < -0.4 is 10.6 Å². The Bertz CT molecular complexity index is 1230. The van der Waals surface area contributed by atoms with Gasteiger partial charge in [-0.15, -0.1) is 0 Å². The fraction of sp³-hybridized carbons (Fsp3) is 0.280. The minimum absolute atomic E-state index is 0.0669. The maximum absolute atomic E-state index is 12.7. The van der Waals surface area contributed by atoms with E-state index >= 15 is 0 Å². The van der Waals surface area contributed by atoms with Gasteiger partial charge in [0.1, 0.15) is 5.76 Å². The van der Waals surface area contributed by atoms with Crippen LogP contribution in [0.15, 0.2) is 76.2 Å². The summed E-state index contributed by atoms with van der Waals surface area (Å²) in [6, 6.07) is 17.4. The van der Waals surface area contributed by atoms with Crippen molar-refractivity contribution >= 4 is 27.3 Å². The maximum atomic E-state index is 12.7. The summed E-state index contributed by atoms with van der Waals surface area (Å²) in [6.07, 6.45) is 4.80. The molecule has 0 atom stereocenters. The second-order valence-corrected chi connectivity index (χ2v) is 10.5. The van der Waals surface area contributed by atoms with Gasteiger partial charge in [0.15, 0.2) is 9.84 Å². The first-order valence-electron chi connectivity index (χ1n) is 11.0. The molecule has 2 N–H and O–H groups in total. The zero-order valence-corrected chi connectivity index (χ0v) is 19.7. The van der Waals surface area contributed by atoms with Gasteiger partial charge in [-0.05, 0) is 66.9 Å². The second-order valence-electron chi connectivity index (χ2n) is 8.51. The molecule has 1 aliphatic carbocycles. The zero-order chi connectivity index (χ0) is 24.1. The molecule has 34 heavy (non-hydrogen) atoms. The Kier molecular flexibility index (Phi) is 7.14. The van der Waals surface area contributed by atoms with Gasteiger partial charge in [-0.1, -0.05) is 12.1 Å². The molecule has 1 saturated carbocycles. The summed E-state index contributed by atoms with van der Waals surface area (Å²) in [5.74, 6) is 0.424. The van der Waals surface area contributed by atoms with Gasteiger partial charge in [0.05, 0.1) is 24.2 Å². The van der Waals surface area contributed by atoms with E-state index in [2.05, 4.69) is 10.6 Å². The van der Waals surface area contributed by atoms with Gasteiger partial charge < -0.3 is 15.1 Å². The molecule has 1 fully saturated rings. The topological polar surface area (TPSA) is 109 Å². The summed E-state index contributed by atoms with van der Waals surface area (Å²) in [5.41, 5.74) is 2.09. The maximum Gasteiger partial charge on any atom is 0.251 e. The summed E-state index contributed by atoms with van der Waals surface area (Å²) in [5, 5.41) is 5.78. The summed E-state index contributed by atoms with van der Waals surface area (Å²) in [4.78, 5) is 27.1. The van der Waals surface area contributed by atoms with Crippen LogP contribution in [0.25, 0.3) is 0 Å². The Labute approximate surface area is 198 Å². The summed E-state index contributed by atoms with van der Waals surface area (Å²) < 4.78 is 28.7. The predicted molar refractivity (Wildman–Crippen MR) is 128 cm³/mol. The first-order chi connectivity index (χ1) is 16.3. The van der Waals surface area contributed by atoms with Crippen LogP contribution in [0.2, 0.25) is 0 Å². The molecule has 8 nitrogen and oxygen atoms in total. The van der Waals surface area contributed by atoms with Crippen LogP contribution in [0.1, 0.15) is 34.5 Å². The number of anilines is 1. The third kappa shape index (κ3) is 6.79. The smallest absolute Gasteiger partial charge is 0.251 e. The van der Waals surface area contributed by atoms with Crippen molar-refractivity contribution in [3.63, 3.8) is 0 Å². The molecule has 2 aromatic carbocycles. The van der Waals surface area contributed by atoms with Crippen molar-refractivity contribution in [1.82, 2.24) is 10.2 Å². The molecule has 1 aromatic heterocycles. The number of benzene rings is 2. The van der Waals surface area contributed by atoms with Crippen LogP contribution in [-0.2, 0) is 27.7 Å². The molecule has 0 bridgehead atoms. The van der Waals surface area contributed by atoms with Gasteiger partial charge in [-0.25, -0.2) is 8.42 Å². The van der Waals surface area contributed by atoms with Gasteiger partial charge >= 0.3 is 0 Å². The van der Waals surface area contributed by atoms with Crippen LogP contribution in [0.4, 0.5) is 5.69 Å². The van der Waals surface area contributed by atoms with E-state index in [1.807, 2.05) is 23.1 Å². The molecular formula is C25H27N3O5S. The minimum atomic E-state index is -3.30. The highest BCUT2D eigenvalue weighted by Gasteiger charge is 2.23. The van der Waals surface area contributed by atoms with Gasteiger partial charge in [0.2, 0.25) is 5.91 Å². The molecular weight excluding hydrogens is 454 g/mol. The van der Waals surface area contributed by atoms with E-state index in [4.69, 9.17) is 4.42 Å². The Morgan fingerprint density at radius 1 is 1.00 bits per heavy atom. The third-order valence-corrected chi connectivity index (χ3v) is 6.56. The van der Waals surface area contributed by atoms with Crippen molar-refractivity contribution in [1.29, 1.82) is 0 Å². The number of furan rings is 1. The standard InChI is InChI=1S/C25H27N3O5S/c1-34(31,32)23-12-10-20(11-13-23)26-24(29)17-28(16-22-3-2-14-33-22)15-18-4-6-19(7-5-18)25(30)27-21-8-9-21/h2-7,10-14,21H,8-9,15-17H2,1H3,(H,26,29)(H,27,30). The summed E-state index contributed by atoms with van der Waals surface area (Å²) in [6.45, 7) is 1.00. The number of carbonyl (C=O) groups excluding carboxylic acids is 2. The van der Waals surface area contributed by atoms with Crippen molar-refractivity contribution in [2.24, 2.45) is 0 Å². The molecule has 0 spiro atoms. The lowest BCUT2D eigenvalue weighted by atomic mass is 10.1. The summed E-state index contributed by atoms with van der Waals surface area (Å²) in [7, 11) is -3.30. The fourth-order valence-electron chi connectivity index (χ4n) is 3.50. The monoisotopic (exact) mass is 481 g/mol. The number of sulfone groups is 1. The van der Waals surface area contributed by atoms with Crippen LogP contribution in [-0.4, -0.2) is 44.0 Å². The summed E-state index contributed by atoms with van der Waals surface area (Å²) >= 11 is 0. The molecule has 178 valence electrons. The first kappa shape index (κ1) is 23.7. The van der Waals surface area contributed by atoms with Crippen molar-refractivity contribution in [3.8, 4) is 0 Å². The van der Waals surface area contributed by atoms with Crippen LogP contribution >= 0.6 is 0 Å². The number of hydrogen-bond acceptors (Lipinski definition) is 6. The van der Waals surface area contributed by atoms with Crippen LogP contribution in [0.5, 0.6) is 0 Å². The number of rotatable bonds is 10. The van der Waals surface area contributed by atoms with Crippen molar-refractivity contribution in [2.75, 3.05) is 18.1 Å². The van der Waals surface area contributed by atoms with Crippen LogP contribution in [0, 0.1) is 0 Å². The second kappa shape index (κ2) is 10.2. The van der Waals surface area contributed by atoms with Gasteiger partial charge in [-0.3, -0.25) is 14.5 Å². The molecule has 3 aromatic rings. The predicted octanol–water partition coefficient (Wildman–Crippen LogP) is 3.22. The Balaban J connectivity index is 1.40. The average molecular weight is 482 g/mol. The Morgan fingerprint density at radius 2 is 1.71 bits per heavy atom. The first-order valence-corrected chi connectivity index (χ1v) is 12.9. The average Bonchev–Trinajstić information content (AvgIpc) is 3.45. The molecule has 4 rings (SSSR count). The SMILES string of the molecule is CS(=O)(=O)c1ccc(NC(=O)CN(Cc2ccc(C(=O)NC3CC3)cc2)Cc2ccco2)cc1. The normalized spacial score (nSPS) is 13.6. The van der Waals surface area contributed by atoms with E-state index in [0.717, 1.165) is 30.4 Å². The third-order valence-electron chi connectivity index (χ3n) is 5.43. The Hall–Kier alpha value is -3.43. The van der Waals surface area contributed by atoms with E-state index in [1.165, 1.54) is 12.1 Å². The van der Waals surface area contributed by atoms with E-state index in [-0.39, 0.29) is 23.3 Å². The number of amides is 2. The number of nitrogens with zero attached hydrogens (tertiary/aromatic N) is 1. The van der Waals surface area contributed by atoms with Crippen molar-refractivity contribution in [2.45, 2.75) is 36.9 Å². The van der Waals surface area contributed by atoms with E-state index in [9.17, 15) is 18.0 Å². The van der Waals surface area contributed by atoms with Gasteiger partial charge in [0, 0.05) is 30.1 Å². The Morgan fingerprint density at radius 3 is 2.29 bits per heavy atom. The molecule has 1 aliphatic rings. The van der Waals surface area contributed by atoms with Crippen LogP contribution in [0.3, 0.4) is 0 Å². The van der Waals surface area contributed by atoms with Gasteiger partial charge in [0.25, 0.3) is 5.91 Å². The van der Waals surface area contributed by atoms with E-state index in [1.54, 1.807) is 36.6 Å². The molecule has 2 amide bonds. The molecule has 1 heterocycles. The molecule has 9 heteroatoms. The number of nitrogens with one attached hydrogen (secondary N) is 2.